The Morgan fingerprint density at radius 2 is 2.00 bits per heavy atom. The summed E-state index contributed by atoms with van der Waals surface area (Å²) < 4.78 is 33.2. The fourth-order valence-corrected chi connectivity index (χ4v) is 4.28. The van der Waals surface area contributed by atoms with E-state index in [1.807, 2.05) is 17.0 Å². The lowest BCUT2D eigenvalue weighted by Crippen LogP contribution is -2.43. The van der Waals surface area contributed by atoms with E-state index in [1.54, 1.807) is 12.1 Å². The van der Waals surface area contributed by atoms with Crippen LogP contribution in [0.3, 0.4) is 0 Å². The van der Waals surface area contributed by atoms with Crippen molar-refractivity contribution in [2.24, 2.45) is 9.81 Å². The molecular formula is C14H18N2O3S2. The van der Waals surface area contributed by atoms with Crippen molar-refractivity contribution >= 4 is 34.7 Å². The number of rotatable bonds is 3. The molecule has 114 valence electrons. The molecule has 0 amide bonds. The third-order valence-corrected chi connectivity index (χ3v) is 6.12. The first kappa shape index (κ1) is 14.9. The summed E-state index contributed by atoms with van der Waals surface area (Å²) in [5, 5.41) is 0. The van der Waals surface area contributed by atoms with Crippen LogP contribution in [0.25, 0.3) is 0 Å². The number of hydrogen-bond acceptors (Lipinski definition) is 5. The average molecular weight is 326 g/mol. The van der Waals surface area contributed by atoms with Gasteiger partial charge in [-0.15, -0.1) is 4.40 Å². The van der Waals surface area contributed by atoms with Gasteiger partial charge in [0.1, 0.15) is 11.2 Å². The van der Waals surface area contributed by atoms with Crippen molar-refractivity contribution in [2.45, 2.75) is 17.7 Å². The smallest absolute Gasteiger partial charge is 0.285 e. The van der Waals surface area contributed by atoms with Gasteiger partial charge in [0.15, 0.2) is 0 Å². The van der Waals surface area contributed by atoms with Gasteiger partial charge in [-0.3, -0.25) is 0 Å². The molecule has 1 aromatic carbocycles. The van der Waals surface area contributed by atoms with Gasteiger partial charge in [-0.2, -0.15) is 21.0 Å². The molecule has 2 aliphatic rings. The molecule has 0 spiro atoms. The maximum absolute atomic E-state index is 12.0. The molecule has 3 rings (SSSR count). The van der Waals surface area contributed by atoms with Crippen LogP contribution >= 0.6 is 12.6 Å². The van der Waals surface area contributed by atoms with Gasteiger partial charge in [-0.1, -0.05) is 12.1 Å². The zero-order valence-corrected chi connectivity index (χ0v) is 13.3. The summed E-state index contributed by atoms with van der Waals surface area (Å²) in [6.45, 7) is 2.16. The second-order valence-corrected chi connectivity index (χ2v) is 7.48. The summed E-state index contributed by atoms with van der Waals surface area (Å²) in [6, 6.07) is 6.99. The molecule has 7 heteroatoms. The molecule has 21 heavy (non-hydrogen) atoms. The summed E-state index contributed by atoms with van der Waals surface area (Å²) in [5.74, 6) is 0.746. The lowest BCUT2D eigenvalue weighted by molar-refractivity contribution is 0.0308. The van der Waals surface area contributed by atoms with Gasteiger partial charge in [-0.25, -0.2) is 0 Å². The average Bonchev–Trinajstić information content (AvgIpc) is 2.52. The minimum atomic E-state index is -3.56. The minimum Gasteiger partial charge on any atom is -0.381 e. The van der Waals surface area contributed by atoms with Gasteiger partial charge >= 0.3 is 0 Å². The highest BCUT2D eigenvalue weighted by Gasteiger charge is 2.35. The number of thiol groups is 1. The van der Waals surface area contributed by atoms with Crippen LogP contribution in [-0.4, -0.2) is 40.3 Å². The van der Waals surface area contributed by atoms with Gasteiger partial charge in [0.25, 0.3) is 10.0 Å². The largest absolute Gasteiger partial charge is 0.381 e. The maximum atomic E-state index is 12.0. The second-order valence-electron chi connectivity index (χ2n) is 5.56. The highest BCUT2D eigenvalue weighted by atomic mass is 32.2. The predicted octanol–water partition coefficient (Wildman–Crippen LogP) is 1.95. The minimum absolute atomic E-state index is 0.0294. The Balaban J connectivity index is 1.93. The Labute approximate surface area is 130 Å². The summed E-state index contributed by atoms with van der Waals surface area (Å²) in [4.78, 5) is 2.20. The molecule has 0 aliphatic carbocycles. The second kappa shape index (κ2) is 5.62. The normalized spacial score (nSPS) is 22.8. The zero-order chi connectivity index (χ0) is 14.9. The monoisotopic (exact) mass is 326 g/mol. The van der Waals surface area contributed by atoms with E-state index in [0.717, 1.165) is 31.8 Å². The van der Waals surface area contributed by atoms with Gasteiger partial charge in [0.05, 0.1) is 5.69 Å². The van der Waals surface area contributed by atoms with Crippen LogP contribution < -0.4 is 4.90 Å². The van der Waals surface area contributed by atoms with Gasteiger partial charge in [0.2, 0.25) is 0 Å². The van der Waals surface area contributed by atoms with E-state index < -0.39 is 10.0 Å². The number of nitrogens with zero attached hydrogens (tertiary/aromatic N) is 2. The van der Waals surface area contributed by atoms with Crippen molar-refractivity contribution in [1.29, 1.82) is 0 Å². The highest BCUT2D eigenvalue weighted by Crippen LogP contribution is 2.36. The Morgan fingerprint density at radius 1 is 1.29 bits per heavy atom. The zero-order valence-electron chi connectivity index (χ0n) is 11.6. The van der Waals surface area contributed by atoms with Crippen molar-refractivity contribution in [3.63, 3.8) is 0 Å². The van der Waals surface area contributed by atoms with Crippen LogP contribution in [0.1, 0.15) is 12.8 Å². The number of fused-ring (bicyclic) bond motifs is 1. The van der Waals surface area contributed by atoms with E-state index in [-0.39, 0.29) is 10.3 Å². The van der Waals surface area contributed by atoms with Crippen LogP contribution in [-0.2, 0) is 14.8 Å². The highest BCUT2D eigenvalue weighted by molar-refractivity contribution is 7.90. The maximum Gasteiger partial charge on any atom is 0.285 e. The third-order valence-electron chi connectivity index (χ3n) is 4.17. The van der Waals surface area contributed by atoms with Crippen LogP contribution in [0.4, 0.5) is 5.69 Å². The molecule has 0 unspecified atom stereocenters. The number of para-hydroxylation sites is 1. The van der Waals surface area contributed by atoms with Gasteiger partial charge in [-0.05, 0) is 30.7 Å². The molecule has 5 nitrogen and oxygen atoms in total. The first-order chi connectivity index (χ1) is 10.1. The van der Waals surface area contributed by atoms with E-state index in [0.29, 0.717) is 12.2 Å². The van der Waals surface area contributed by atoms with E-state index in [9.17, 15) is 8.42 Å². The lowest BCUT2D eigenvalue weighted by atomic mass is 9.81. The molecule has 1 aromatic rings. The van der Waals surface area contributed by atoms with Crippen LogP contribution in [0.15, 0.2) is 33.6 Å². The third kappa shape index (κ3) is 2.82. The molecule has 1 saturated heterocycles. The molecule has 0 saturated carbocycles. The molecule has 0 aromatic heterocycles. The van der Waals surface area contributed by atoms with E-state index in [4.69, 9.17) is 4.74 Å². The van der Waals surface area contributed by atoms with Crippen molar-refractivity contribution in [3.8, 4) is 0 Å². The van der Waals surface area contributed by atoms with Crippen molar-refractivity contribution in [3.05, 3.63) is 24.3 Å². The summed E-state index contributed by atoms with van der Waals surface area (Å²) >= 11 is 4.51. The SMILES string of the molecule is O=S1(=O)N=CN(CC2(CS)CCOCC2)c2ccccc21. The lowest BCUT2D eigenvalue weighted by Gasteiger charge is -2.40. The van der Waals surface area contributed by atoms with Crippen molar-refractivity contribution in [2.75, 3.05) is 30.4 Å². The molecule has 2 heterocycles. The first-order valence-corrected chi connectivity index (χ1v) is 8.98. The quantitative estimate of drug-likeness (QED) is 0.863. The Kier molecular flexibility index (Phi) is 3.98. The van der Waals surface area contributed by atoms with Crippen molar-refractivity contribution in [1.82, 2.24) is 0 Å². The number of sulfonamides is 1. The molecular weight excluding hydrogens is 308 g/mol. The van der Waals surface area contributed by atoms with Gasteiger partial charge < -0.3 is 9.64 Å². The van der Waals surface area contributed by atoms with E-state index >= 15 is 0 Å². The Bertz CT molecular complexity index is 652. The van der Waals surface area contributed by atoms with Crippen LogP contribution in [0.2, 0.25) is 0 Å². The molecule has 1 fully saturated rings. The Morgan fingerprint density at radius 3 is 2.71 bits per heavy atom. The summed E-state index contributed by atoms with van der Waals surface area (Å²) in [7, 11) is -3.56. The van der Waals surface area contributed by atoms with E-state index in [1.165, 1.54) is 6.34 Å². The fourth-order valence-electron chi connectivity index (χ4n) is 2.81. The van der Waals surface area contributed by atoms with Gasteiger partial charge in [0, 0.05) is 25.2 Å². The molecule has 0 N–H and O–H groups in total. The predicted molar refractivity (Wildman–Crippen MR) is 85.8 cm³/mol. The Hall–Kier alpha value is -1.05. The first-order valence-electron chi connectivity index (χ1n) is 6.91. The number of ether oxygens (including phenoxy) is 1. The molecule has 0 bridgehead atoms. The van der Waals surface area contributed by atoms with E-state index in [2.05, 4.69) is 17.0 Å². The standard InChI is InChI=1S/C14H18N2O3S2/c17-21(18)13-4-2-1-3-12(13)16(11-15-21)9-14(10-20)5-7-19-8-6-14/h1-4,11,20H,5-10H2. The summed E-state index contributed by atoms with van der Waals surface area (Å²) in [5.41, 5.74) is 0.724. The summed E-state index contributed by atoms with van der Waals surface area (Å²) in [6.07, 6.45) is 3.28. The topological polar surface area (TPSA) is 59.0 Å². The molecule has 0 atom stereocenters. The van der Waals surface area contributed by atoms with Crippen LogP contribution in [0.5, 0.6) is 0 Å². The number of hydrogen-bond donors (Lipinski definition) is 1. The van der Waals surface area contributed by atoms with Crippen molar-refractivity contribution < 1.29 is 13.2 Å². The fraction of sp³-hybridized carbons (Fsp3) is 0.500. The number of anilines is 1. The number of benzene rings is 1. The van der Waals surface area contributed by atoms with Crippen LogP contribution in [0, 0.1) is 5.41 Å². The molecule has 2 aliphatic heterocycles. The molecule has 0 radical (unpaired) electrons.